The van der Waals surface area contributed by atoms with Crippen LogP contribution in [0.4, 0.5) is 4.39 Å². The molecule has 5 heteroatoms. The maximum Gasteiger partial charge on any atom is 0.227 e. The topological polar surface area (TPSA) is 60.8 Å². The van der Waals surface area contributed by atoms with E-state index < -0.39 is 12.3 Å². The zero-order valence-corrected chi connectivity index (χ0v) is 28.2. The molecule has 252 valence electrons. The number of fused-ring (bicyclic) bond motifs is 6. The van der Waals surface area contributed by atoms with E-state index in [-0.39, 0.29) is 28.9 Å². The predicted molar refractivity (Wildman–Crippen MR) is 190 cm³/mol. The smallest absolute Gasteiger partial charge is 0.227 e. The number of aliphatic hydroxyl groups is 1. The van der Waals surface area contributed by atoms with E-state index in [1.54, 1.807) is 6.07 Å². The highest BCUT2D eigenvalue weighted by Crippen LogP contribution is 2.63. The van der Waals surface area contributed by atoms with Gasteiger partial charge in [-0.05, 0) is 107 Å². The first-order valence-electron chi connectivity index (χ1n) is 18.2. The van der Waals surface area contributed by atoms with E-state index in [1.807, 2.05) is 47.4 Å². The molecule has 3 aliphatic carbocycles. The molecule has 1 amide bonds. The van der Waals surface area contributed by atoms with Gasteiger partial charge in [-0.2, -0.15) is 0 Å². The van der Waals surface area contributed by atoms with Gasteiger partial charge in [-0.3, -0.25) is 4.79 Å². The number of hydrogen-bond acceptors (Lipinski definition) is 3. The SMILES string of the molecule is C[C@]12CC(F)C3c4ccc(O)cc4CC(CCCCCCN(Cc4ccccc4)C(=O)Cc4ccc5ccccc5c4)C3C1CCC2O. The molecule has 0 aromatic heterocycles. The number of carbonyl (C=O) groups is 1. The number of alkyl halides is 1. The number of phenols is 1. The van der Waals surface area contributed by atoms with Crippen LogP contribution in [0.1, 0.15) is 86.5 Å². The van der Waals surface area contributed by atoms with Crippen LogP contribution in [-0.2, 0) is 24.2 Å². The summed E-state index contributed by atoms with van der Waals surface area (Å²) in [5.41, 5.74) is 4.02. The minimum absolute atomic E-state index is 0.150. The third-order valence-electron chi connectivity index (χ3n) is 12.3. The van der Waals surface area contributed by atoms with E-state index in [0.29, 0.717) is 31.2 Å². The molecule has 6 unspecified atom stereocenters. The van der Waals surface area contributed by atoms with Crippen LogP contribution < -0.4 is 0 Å². The van der Waals surface area contributed by atoms with Crippen LogP contribution in [0.25, 0.3) is 10.8 Å². The van der Waals surface area contributed by atoms with E-state index in [9.17, 15) is 15.0 Å². The molecule has 0 bridgehead atoms. The summed E-state index contributed by atoms with van der Waals surface area (Å²) in [6.07, 6.45) is 7.18. The van der Waals surface area contributed by atoms with Crippen molar-refractivity contribution in [3.8, 4) is 5.75 Å². The first-order chi connectivity index (χ1) is 23.3. The fourth-order valence-electron chi connectivity index (χ4n) is 9.83. The summed E-state index contributed by atoms with van der Waals surface area (Å²) >= 11 is 0. The van der Waals surface area contributed by atoms with Gasteiger partial charge in [-0.25, -0.2) is 4.39 Å². The molecule has 0 heterocycles. The number of nitrogens with zero attached hydrogens (tertiary/aromatic N) is 1. The normalized spacial score (nSPS) is 27.6. The minimum atomic E-state index is -0.974. The van der Waals surface area contributed by atoms with Crippen molar-refractivity contribution in [2.75, 3.05) is 6.54 Å². The average molecular weight is 648 g/mol. The number of aromatic hydroxyl groups is 1. The lowest BCUT2D eigenvalue weighted by atomic mass is 9.51. The molecule has 4 aromatic carbocycles. The Labute approximate surface area is 285 Å². The zero-order valence-electron chi connectivity index (χ0n) is 28.2. The minimum Gasteiger partial charge on any atom is -0.508 e. The number of rotatable bonds is 11. The third kappa shape index (κ3) is 6.63. The monoisotopic (exact) mass is 647 g/mol. The number of amides is 1. The van der Waals surface area contributed by atoms with Crippen LogP contribution in [0.3, 0.4) is 0 Å². The van der Waals surface area contributed by atoms with Crippen molar-refractivity contribution < 1.29 is 19.4 Å². The highest BCUT2D eigenvalue weighted by molar-refractivity contribution is 5.85. The lowest BCUT2D eigenvalue weighted by Gasteiger charge is -2.54. The van der Waals surface area contributed by atoms with Gasteiger partial charge in [0.2, 0.25) is 5.91 Å². The lowest BCUT2D eigenvalue weighted by molar-refractivity contribution is -0.131. The first-order valence-corrected chi connectivity index (χ1v) is 18.2. The lowest BCUT2D eigenvalue weighted by Crippen LogP contribution is -2.51. The standard InChI is InChI=1S/C43H50FNO3/c1-43-27-38(44)42-36-19-18-35(46)26-34(36)25-33(41(42)37(43)20-21-39(43)47)15-7-2-3-10-22-45(28-29-11-5-4-6-12-29)40(48)24-30-16-17-31-13-8-9-14-32(31)23-30/h4-6,8-9,11-14,16-19,23,26,33,37-39,41-42,46-47H,2-3,7,10,15,20-22,24-25,27-28H2,1H3/t33?,37?,38?,39?,41?,42?,43-/m0/s1. The molecule has 0 saturated heterocycles. The second kappa shape index (κ2) is 14.0. The first kappa shape index (κ1) is 32.8. The Balaban J connectivity index is 0.983. The predicted octanol–water partition coefficient (Wildman–Crippen LogP) is 9.16. The molecule has 0 spiro atoms. The van der Waals surface area contributed by atoms with Crippen molar-refractivity contribution in [3.05, 3.63) is 113 Å². The van der Waals surface area contributed by atoms with Gasteiger partial charge in [0.25, 0.3) is 0 Å². The van der Waals surface area contributed by atoms with Crippen LogP contribution in [-0.4, -0.2) is 39.8 Å². The molecular formula is C43H50FNO3. The summed E-state index contributed by atoms with van der Waals surface area (Å²) in [4.78, 5) is 15.7. The van der Waals surface area contributed by atoms with Gasteiger partial charge in [0.15, 0.2) is 0 Å². The Kier molecular flexibility index (Phi) is 9.60. The fraction of sp³-hybridized carbons (Fsp3) is 0.465. The van der Waals surface area contributed by atoms with Gasteiger partial charge in [0.05, 0.1) is 12.5 Å². The van der Waals surface area contributed by atoms with Crippen molar-refractivity contribution in [1.82, 2.24) is 4.90 Å². The van der Waals surface area contributed by atoms with Gasteiger partial charge in [-0.15, -0.1) is 0 Å². The van der Waals surface area contributed by atoms with Crippen LogP contribution >= 0.6 is 0 Å². The number of benzene rings is 4. The van der Waals surface area contributed by atoms with Gasteiger partial charge >= 0.3 is 0 Å². The molecule has 7 rings (SSSR count). The van der Waals surface area contributed by atoms with Crippen molar-refractivity contribution in [2.24, 2.45) is 23.2 Å². The van der Waals surface area contributed by atoms with Crippen molar-refractivity contribution in [2.45, 2.75) is 95.9 Å². The Morgan fingerprint density at radius 2 is 1.65 bits per heavy atom. The van der Waals surface area contributed by atoms with E-state index in [2.05, 4.69) is 49.4 Å². The Bertz CT molecular complexity index is 1720. The van der Waals surface area contributed by atoms with E-state index >= 15 is 4.39 Å². The number of halogens is 1. The van der Waals surface area contributed by atoms with Crippen molar-refractivity contribution >= 4 is 16.7 Å². The maximum absolute atomic E-state index is 16.1. The third-order valence-corrected chi connectivity index (χ3v) is 12.3. The summed E-state index contributed by atoms with van der Waals surface area (Å²) in [6, 6.07) is 30.4. The van der Waals surface area contributed by atoms with Gasteiger partial charge in [-0.1, -0.05) is 105 Å². The molecular weight excluding hydrogens is 597 g/mol. The number of unbranched alkanes of at least 4 members (excludes halogenated alkanes) is 3. The van der Waals surface area contributed by atoms with Crippen LogP contribution in [0.15, 0.2) is 91.0 Å². The fourth-order valence-corrected chi connectivity index (χ4v) is 9.83. The van der Waals surface area contributed by atoms with Gasteiger partial charge in [0.1, 0.15) is 11.9 Å². The molecule has 3 aliphatic rings. The number of hydrogen-bond donors (Lipinski definition) is 2. The molecule has 2 N–H and O–H groups in total. The summed E-state index contributed by atoms with van der Waals surface area (Å²) in [5.74, 6) is 1.16. The zero-order chi connectivity index (χ0) is 33.3. The maximum atomic E-state index is 16.1. The molecule has 48 heavy (non-hydrogen) atoms. The molecule has 0 radical (unpaired) electrons. The highest BCUT2D eigenvalue weighted by Gasteiger charge is 2.59. The Morgan fingerprint density at radius 1 is 0.875 bits per heavy atom. The summed E-state index contributed by atoms with van der Waals surface area (Å²) in [7, 11) is 0. The molecule has 0 aliphatic heterocycles. The molecule has 7 atom stereocenters. The molecule has 2 fully saturated rings. The van der Waals surface area contributed by atoms with Crippen LogP contribution in [0, 0.1) is 23.2 Å². The second-order valence-corrected chi connectivity index (χ2v) is 15.2. The molecule has 4 aromatic rings. The van der Waals surface area contributed by atoms with Gasteiger partial charge in [0, 0.05) is 19.0 Å². The van der Waals surface area contributed by atoms with Gasteiger partial charge < -0.3 is 15.1 Å². The van der Waals surface area contributed by atoms with E-state index in [1.165, 1.54) is 5.39 Å². The number of aliphatic hydroxyl groups excluding tert-OH is 1. The largest absolute Gasteiger partial charge is 0.508 e. The number of carbonyl (C=O) groups excluding carboxylic acids is 1. The van der Waals surface area contributed by atoms with Crippen LogP contribution in [0.2, 0.25) is 0 Å². The van der Waals surface area contributed by atoms with Crippen molar-refractivity contribution in [1.29, 1.82) is 0 Å². The van der Waals surface area contributed by atoms with Crippen LogP contribution in [0.5, 0.6) is 5.75 Å². The molecule has 4 nitrogen and oxygen atoms in total. The van der Waals surface area contributed by atoms with Crippen molar-refractivity contribution in [3.63, 3.8) is 0 Å². The quantitative estimate of drug-likeness (QED) is 0.160. The molecule has 2 saturated carbocycles. The highest BCUT2D eigenvalue weighted by atomic mass is 19.1. The average Bonchev–Trinajstić information content (AvgIpc) is 3.38. The number of phenolic OH excluding ortho intramolecular Hbond substituents is 1. The summed E-state index contributed by atoms with van der Waals surface area (Å²) in [6.45, 7) is 3.47. The summed E-state index contributed by atoms with van der Waals surface area (Å²) in [5, 5.41) is 23.6. The Hall–Kier alpha value is -3.70. The summed E-state index contributed by atoms with van der Waals surface area (Å²) < 4.78 is 16.1. The second-order valence-electron chi connectivity index (χ2n) is 15.2. The van der Waals surface area contributed by atoms with E-state index in [0.717, 1.165) is 85.6 Å². The van der Waals surface area contributed by atoms with E-state index in [4.69, 9.17) is 0 Å². The Morgan fingerprint density at radius 3 is 2.48 bits per heavy atom.